The average Bonchev–Trinajstić information content (AvgIpc) is 3.35. The van der Waals surface area contributed by atoms with Gasteiger partial charge in [0, 0.05) is 48.9 Å². The zero-order valence-electron chi connectivity index (χ0n) is 14.4. The highest BCUT2D eigenvalue weighted by atomic mass is 16.6. The molecule has 0 saturated heterocycles. The molecular weight excluding hydrogens is 346 g/mol. The number of non-ortho nitro benzene ring substituents is 1. The molecule has 4 rings (SSSR count). The van der Waals surface area contributed by atoms with Crippen molar-refractivity contribution in [2.24, 2.45) is 0 Å². The van der Waals surface area contributed by atoms with Crippen LogP contribution in [0.2, 0.25) is 0 Å². The van der Waals surface area contributed by atoms with Crippen molar-refractivity contribution in [3.8, 4) is 11.3 Å². The van der Waals surface area contributed by atoms with Crippen LogP contribution < -0.4 is 5.32 Å². The summed E-state index contributed by atoms with van der Waals surface area (Å²) >= 11 is 0. The van der Waals surface area contributed by atoms with E-state index in [0.717, 1.165) is 42.0 Å². The molecule has 136 valence electrons. The molecule has 9 heteroatoms. The van der Waals surface area contributed by atoms with Gasteiger partial charge in [0.2, 0.25) is 0 Å². The number of nitrogens with zero attached hydrogens (tertiary/aromatic N) is 5. The number of benzene rings is 1. The minimum absolute atomic E-state index is 0.0510. The Balaban J connectivity index is 1.53. The predicted octanol–water partition coefficient (Wildman–Crippen LogP) is 3.23. The van der Waals surface area contributed by atoms with Crippen LogP contribution in [0.3, 0.4) is 0 Å². The zero-order chi connectivity index (χ0) is 18.6. The molecule has 0 atom stereocenters. The van der Waals surface area contributed by atoms with Gasteiger partial charge in [-0.3, -0.25) is 10.1 Å². The van der Waals surface area contributed by atoms with Crippen LogP contribution in [0.25, 0.3) is 22.3 Å². The topological polar surface area (TPSA) is 115 Å². The van der Waals surface area contributed by atoms with Gasteiger partial charge in [-0.1, -0.05) is 12.1 Å². The first kappa shape index (κ1) is 16.7. The van der Waals surface area contributed by atoms with E-state index in [2.05, 4.69) is 25.3 Å². The van der Waals surface area contributed by atoms with Gasteiger partial charge in [-0.2, -0.15) is 0 Å². The highest BCUT2D eigenvalue weighted by Crippen LogP contribution is 2.28. The Hall–Kier alpha value is -3.75. The monoisotopic (exact) mass is 363 g/mol. The second-order valence-corrected chi connectivity index (χ2v) is 6.06. The summed E-state index contributed by atoms with van der Waals surface area (Å²) in [5.74, 6) is 0.735. The number of anilines is 1. The standard InChI is InChI=1S/C18H17N7O2/c26-25(27)14-4-1-3-13(9-14)16-10-15-17(21-11-22-18(15)23-16)20-5-2-7-24-8-6-19-12-24/h1,3-4,6,8-12H,2,5,7H2,(H2,20,21,22,23). The summed E-state index contributed by atoms with van der Waals surface area (Å²) in [6.07, 6.45) is 7.90. The van der Waals surface area contributed by atoms with Crippen molar-refractivity contribution in [3.05, 3.63) is 65.5 Å². The largest absolute Gasteiger partial charge is 0.369 e. The Labute approximate surface area is 154 Å². The van der Waals surface area contributed by atoms with Crippen molar-refractivity contribution in [2.45, 2.75) is 13.0 Å². The number of nitro benzene ring substituents is 1. The first-order valence-corrected chi connectivity index (χ1v) is 8.49. The molecule has 0 spiro atoms. The fraction of sp³-hybridized carbons (Fsp3) is 0.167. The minimum Gasteiger partial charge on any atom is -0.369 e. The maximum atomic E-state index is 11.0. The molecule has 3 aromatic heterocycles. The molecule has 2 N–H and O–H groups in total. The molecule has 0 aliphatic carbocycles. The van der Waals surface area contributed by atoms with E-state index in [-0.39, 0.29) is 5.69 Å². The van der Waals surface area contributed by atoms with Crippen LogP contribution in [-0.4, -0.2) is 36.0 Å². The number of hydrogen-bond donors (Lipinski definition) is 2. The quantitative estimate of drug-likeness (QED) is 0.296. The van der Waals surface area contributed by atoms with Gasteiger partial charge in [-0.05, 0) is 12.5 Å². The molecule has 0 aliphatic heterocycles. The average molecular weight is 363 g/mol. The summed E-state index contributed by atoms with van der Waals surface area (Å²) < 4.78 is 2.02. The van der Waals surface area contributed by atoms with Gasteiger partial charge in [0.15, 0.2) is 0 Å². The molecule has 4 aromatic rings. The number of nitro groups is 1. The van der Waals surface area contributed by atoms with E-state index < -0.39 is 4.92 Å². The number of aryl methyl sites for hydroxylation is 1. The lowest BCUT2D eigenvalue weighted by molar-refractivity contribution is -0.384. The molecule has 0 unspecified atom stereocenters. The minimum atomic E-state index is -0.404. The smallest absolute Gasteiger partial charge is 0.270 e. The van der Waals surface area contributed by atoms with Crippen LogP contribution in [0.1, 0.15) is 6.42 Å². The van der Waals surface area contributed by atoms with E-state index >= 15 is 0 Å². The van der Waals surface area contributed by atoms with Crippen molar-refractivity contribution in [3.63, 3.8) is 0 Å². The summed E-state index contributed by atoms with van der Waals surface area (Å²) in [6.45, 7) is 1.62. The maximum Gasteiger partial charge on any atom is 0.270 e. The molecule has 0 radical (unpaired) electrons. The first-order valence-electron chi connectivity index (χ1n) is 8.49. The van der Waals surface area contributed by atoms with Crippen LogP contribution in [-0.2, 0) is 6.54 Å². The van der Waals surface area contributed by atoms with E-state index in [1.807, 2.05) is 22.9 Å². The molecular formula is C18H17N7O2. The second-order valence-electron chi connectivity index (χ2n) is 6.06. The molecule has 0 fully saturated rings. The van der Waals surface area contributed by atoms with Crippen molar-refractivity contribution in [1.29, 1.82) is 0 Å². The molecule has 27 heavy (non-hydrogen) atoms. The number of aromatic amines is 1. The van der Waals surface area contributed by atoms with Gasteiger partial charge in [0.05, 0.1) is 16.6 Å². The maximum absolute atomic E-state index is 11.0. The molecule has 3 heterocycles. The number of aromatic nitrogens is 5. The Kier molecular flexibility index (Phi) is 4.48. The molecule has 0 saturated carbocycles. The third kappa shape index (κ3) is 3.61. The van der Waals surface area contributed by atoms with Gasteiger partial charge in [-0.25, -0.2) is 15.0 Å². The normalized spacial score (nSPS) is 11.0. The van der Waals surface area contributed by atoms with Crippen molar-refractivity contribution >= 4 is 22.5 Å². The number of rotatable bonds is 7. The summed E-state index contributed by atoms with van der Waals surface area (Å²) in [4.78, 5) is 26.4. The van der Waals surface area contributed by atoms with Gasteiger partial charge in [0.25, 0.3) is 5.69 Å². The van der Waals surface area contributed by atoms with Crippen LogP contribution in [0.5, 0.6) is 0 Å². The van der Waals surface area contributed by atoms with Gasteiger partial charge in [0.1, 0.15) is 17.8 Å². The van der Waals surface area contributed by atoms with E-state index in [4.69, 9.17) is 0 Å². The number of nitrogens with one attached hydrogen (secondary N) is 2. The summed E-state index contributed by atoms with van der Waals surface area (Å²) in [5.41, 5.74) is 2.22. The van der Waals surface area contributed by atoms with Crippen LogP contribution >= 0.6 is 0 Å². The van der Waals surface area contributed by atoms with Gasteiger partial charge < -0.3 is 14.9 Å². The third-order valence-corrected chi connectivity index (χ3v) is 4.24. The molecule has 0 amide bonds. The number of H-pyrrole nitrogens is 1. The Morgan fingerprint density at radius 3 is 3.00 bits per heavy atom. The predicted molar refractivity (Wildman–Crippen MR) is 101 cm³/mol. The number of fused-ring (bicyclic) bond motifs is 1. The molecule has 9 nitrogen and oxygen atoms in total. The van der Waals surface area contributed by atoms with E-state index in [0.29, 0.717) is 5.65 Å². The zero-order valence-corrected chi connectivity index (χ0v) is 14.4. The highest BCUT2D eigenvalue weighted by molar-refractivity contribution is 5.91. The van der Waals surface area contributed by atoms with E-state index in [1.54, 1.807) is 18.6 Å². The summed E-state index contributed by atoms with van der Waals surface area (Å²) in [5, 5.41) is 15.2. The third-order valence-electron chi connectivity index (χ3n) is 4.24. The lowest BCUT2D eigenvalue weighted by Gasteiger charge is -2.06. The van der Waals surface area contributed by atoms with Crippen molar-refractivity contribution in [1.82, 2.24) is 24.5 Å². The van der Waals surface area contributed by atoms with Gasteiger partial charge in [-0.15, -0.1) is 0 Å². The fourth-order valence-electron chi connectivity index (χ4n) is 2.91. The number of hydrogen-bond acceptors (Lipinski definition) is 6. The van der Waals surface area contributed by atoms with Gasteiger partial charge >= 0.3 is 0 Å². The van der Waals surface area contributed by atoms with E-state index in [9.17, 15) is 10.1 Å². The Morgan fingerprint density at radius 1 is 1.26 bits per heavy atom. The van der Waals surface area contributed by atoms with Crippen molar-refractivity contribution < 1.29 is 4.92 Å². The number of imidazole rings is 1. The summed E-state index contributed by atoms with van der Waals surface area (Å²) in [6, 6.07) is 8.41. The Morgan fingerprint density at radius 2 is 2.19 bits per heavy atom. The summed E-state index contributed by atoms with van der Waals surface area (Å²) in [7, 11) is 0. The van der Waals surface area contributed by atoms with Crippen molar-refractivity contribution in [2.75, 3.05) is 11.9 Å². The lowest BCUT2D eigenvalue weighted by Crippen LogP contribution is -2.07. The Bertz CT molecular complexity index is 1070. The van der Waals surface area contributed by atoms with Crippen LogP contribution in [0.15, 0.2) is 55.4 Å². The van der Waals surface area contributed by atoms with Crippen LogP contribution in [0, 0.1) is 10.1 Å². The highest BCUT2D eigenvalue weighted by Gasteiger charge is 2.12. The molecule has 1 aromatic carbocycles. The fourth-order valence-corrected chi connectivity index (χ4v) is 2.91. The van der Waals surface area contributed by atoms with E-state index in [1.165, 1.54) is 18.5 Å². The SMILES string of the molecule is O=[N+]([O-])c1cccc(-c2cc3c(NCCCn4ccnc4)ncnc3[nH]2)c1. The lowest BCUT2D eigenvalue weighted by atomic mass is 10.1. The first-order chi connectivity index (χ1) is 13.2. The van der Waals surface area contributed by atoms with Crippen LogP contribution in [0.4, 0.5) is 11.5 Å². The second kappa shape index (κ2) is 7.24. The molecule has 0 bridgehead atoms. The molecule has 0 aliphatic rings.